The number of ether oxygens (including phenoxy) is 2. The summed E-state index contributed by atoms with van der Waals surface area (Å²) in [6, 6.07) is 2.28. The molecule has 146 valence electrons. The first-order valence-corrected chi connectivity index (χ1v) is 9.42. The number of esters is 1. The fourth-order valence-electron chi connectivity index (χ4n) is 2.07. The van der Waals surface area contributed by atoms with E-state index in [-0.39, 0.29) is 30.3 Å². The van der Waals surface area contributed by atoms with Crippen LogP contribution in [0.1, 0.15) is 37.9 Å². The largest absolute Gasteiger partial charge is 0.488 e. The molecule has 1 aromatic heterocycles. The number of aromatic nitrogens is 1. The van der Waals surface area contributed by atoms with Crippen LogP contribution in [-0.4, -0.2) is 30.4 Å². The molecule has 1 N–H and O–H groups in total. The number of hydrogen-bond acceptors (Lipinski definition) is 7. The van der Waals surface area contributed by atoms with Gasteiger partial charge in [-0.05, 0) is 25.5 Å². The number of rotatable bonds is 10. The lowest BCUT2D eigenvalue weighted by Crippen LogP contribution is -2.07. The van der Waals surface area contributed by atoms with Crippen molar-refractivity contribution in [2.45, 2.75) is 33.1 Å². The maximum absolute atomic E-state index is 14.0. The van der Waals surface area contributed by atoms with E-state index < -0.39 is 11.6 Å². The Hall–Kier alpha value is -2.55. The standard InChI is InChI=1S/C18H21F2N3O3S/c1-3-5-6-26-17-14(19)7-12(8-15(17)20)10-21-23-18-22-13(11-27-18)9-16(24)25-4-2/h7-8,10-11H,3-6,9H2,1-2H3,(H,22,23). The van der Waals surface area contributed by atoms with Crippen LogP contribution in [0.4, 0.5) is 13.9 Å². The fraction of sp³-hybridized carbons (Fsp3) is 0.389. The summed E-state index contributed by atoms with van der Waals surface area (Å²) < 4.78 is 37.9. The number of nitrogens with zero attached hydrogens (tertiary/aromatic N) is 2. The summed E-state index contributed by atoms with van der Waals surface area (Å²) in [7, 11) is 0. The van der Waals surface area contributed by atoms with Crippen molar-refractivity contribution in [1.29, 1.82) is 0 Å². The van der Waals surface area contributed by atoms with E-state index in [0.717, 1.165) is 25.0 Å². The number of hydrogen-bond donors (Lipinski definition) is 1. The lowest BCUT2D eigenvalue weighted by Gasteiger charge is -2.08. The SMILES string of the molecule is CCCCOc1c(F)cc(C=NNc2nc(CC(=O)OCC)cs2)cc1F. The molecule has 0 spiro atoms. The molecule has 0 radical (unpaired) electrons. The smallest absolute Gasteiger partial charge is 0.311 e. The first-order chi connectivity index (χ1) is 13.0. The maximum atomic E-state index is 14.0. The zero-order valence-electron chi connectivity index (χ0n) is 15.1. The van der Waals surface area contributed by atoms with Gasteiger partial charge in [-0.3, -0.25) is 10.2 Å². The molecule has 0 aliphatic rings. The topological polar surface area (TPSA) is 72.8 Å². The van der Waals surface area contributed by atoms with Gasteiger partial charge in [0.15, 0.2) is 17.4 Å². The second kappa shape index (κ2) is 10.6. The van der Waals surface area contributed by atoms with E-state index in [4.69, 9.17) is 9.47 Å². The number of thiazole rings is 1. The van der Waals surface area contributed by atoms with Gasteiger partial charge in [-0.2, -0.15) is 5.10 Å². The molecule has 0 saturated heterocycles. The van der Waals surface area contributed by atoms with Gasteiger partial charge < -0.3 is 9.47 Å². The molecule has 0 amide bonds. The summed E-state index contributed by atoms with van der Waals surface area (Å²) in [5.74, 6) is -2.29. The summed E-state index contributed by atoms with van der Waals surface area (Å²) in [5.41, 5.74) is 3.46. The van der Waals surface area contributed by atoms with Gasteiger partial charge in [0.25, 0.3) is 0 Å². The molecule has 2 aromatic rings. The highest BCUT2D eigenvalue weighted by atomic mass is 32.1. The van der Waals surface area contributed by atoms with Crippen LogP contribution in [0.3, 0.4) is 0 Å². The third-order valence-electron chi connectivity index (χ3n) is 3.32. The average molecular weight is 397 g/mol. The molecule has 27 heavy (non-hydrogen) atoms. The number of nitrogens with one attached hydrogen (secondary N) is 1. The van der Waals surface area contributed by atoms with Crippen LogP contribution in [0.15, 0.2) is 22.6 Å². The van der Waals surface area contributed by atoms with Crippen molar-refractivity contribution in [2.24, 2.45) is 5.10 Å². The summed E-state index contributed by atoms with van der Waals surface area (Å²) >= 11 is 1.25. The molecule has 0 unspecified atom stereocenters. The van der Waals surface area contributed by atoms with Crippen molar-refractivity contribution in [3.8, 4) is 5.75 Å². The van der Waals surface area contributed by atoms with E-state index in [9.17, 15) is 13.6 Å². The fourth-order valence-corrected chi connectivity index (χ4v) is 2.73. The highest BCUT2D eigenvalue weighted by molar-refractivity contribution is 7.13. The first-order valence-electron chi connectivity index (χ1n) is 8.54. The van der Waals surface area contributed by atoms with E-state index >= 15 is 0 Å². The Labute approximate surface area is 160 Å². The first kappa shape index (κ1) is 20.8. The molecule has 0 saturated carbocycles. The molecular formula is C18H21F2N3O3S. The van der Waals surface area contributed by atoms with Crippen molar-refractivity contribution < 1.29 is 23.0 Å². The van der Waals surface area contributed by atoms with Crippen LogP contribution < -0.4 is 10.2 Å². The monoisotopic (exact) mass is 397 g/mol. The van der Waals surface area contributed by atoms with Crippen LogP contribution in [-0.2, 0) is 16.0 Å². The number of anilines is 1. The number of unbranched alkanes of at least 4 members (excludes halogenated alkanes) is 1. The zero-order chi connectivity index (χ0) is 19.6. The van der Waals surface area contributed by atoms with E-state index in [1.54, 1.807) is 12.3 Å². The van der Waals surface area contributed by atoms with Gasteiger partial charge in [-0.1, -0.05) is 13.3 Å². The Morgan fingerprint density at radius 2 is 2.07 bits per heavy atom. The quantitative estimate of drug-likeness (QED) is 0.282. The van der Waals surface area contributed by atoms with Crippen molar-refractivity contribution in [3.63, 3.8) is 0 Å². The van der Waals surface area contributed by atoms with Gasteiger partial charge in [-0.15, -0.1) is 11.3 Å². The number of carbonyl (C=O) groups is 1. The Morgan fingerprint density at radius 1 is 1.33 bits per heavy atom. The van der Waals surface area contributed by atoms with Crippen LogP contribution in [0, 0.1) is 11.6 Å². The van der Waals surface area contributed by atoms with Gasteiger partial charge in [0.05, 0.1) is 31.5 Å². The zero-order valence-corrected chi connectivity index (χ0v) is 15.9. The minimum absolute atomic E-state index is 0.0750. The number of hydrazone groups is 1. The Kier molecular flexibility index (Phi) is 8.12. The number of benzene rings is 1. The molecule has 0 aliphatic heterocycles. The maximum Gasteiger partial charge on any atom is 0.311 e. The van der Waals surface area contributed by atoms with Gasteiger partial charge in [-0.25, -0.2) is 13.8 Å². The average Bonchev–Trinajstić information content (AvgIpc) is 3.05. The predicted molar refractivity (Wildman–Crippen MR) is 100 cm³/mol. The molecule has 1 heterocycles. The molecule has 0 fully saturated rings. The van der Waals surface area contributed by atoms with Crippen LogP contribution in [0.25, 0.3) is 0 Å². The van der Waals surface area contributed by atoms with Gasteiger partial charge in [0.2, 0.25) is 5.13 Å². The lowest BCUT2D eigenvalue weighted by atomic mass is 10.2. The van der Waals surface area contributed by atoms with Crippen molar-refractivity contribution >= 4 is 28.7 Å². The van der Waals surface area contributed by atoms with E-state index in [1.807, 2.05) is 6.92 Å². The van der Waals surface area contributed by atoms with Gasteiger partial charge in [0.1, 0.15) is 0 Å². The molecule has 1 aromatic carbocycles. The van der Waals surface area contributed by atoms with E-state index in [2.05, 4.69) is 15.5 Å². The molecule has 2 rings (SSSR count). The molecule has 9 heteroatoms. The molecule has 0 aliphatic carbocycles. The predicted octanol–water partition coefficient (Wildman–Crippen LogP) is 4.15. The van der Waals surface area contributed by atoms with Crippen LogP contribution in [0.5, 0.6) is 5.75 Å². The molecule has 6 nitrogen and oxygen atoms in total. The van der Waals surface area contributed by atoms with Crippen molar-refractivity contribution in [2.75, 3.05) is 18.6 Å². The normalized spacial score (nSPS) is 11.0. The Balaban J connectivity index is 1.94. The molecule has 0 bridgehead atoms. The van der Waals surface area contributed by atoms with E-state index in [1.165, 1.54) is 17.6 Å². The van der Waals surface area contributed by atoms with E-state index in [0.29, 0.717) is 17.4 Å². The minimum atomic E-state index is -0.779. The third-order valence-corrected chi connectivity index (χ3v) is 4.12. The Morgan fingerprint density at radius 3 is 2.74 bits per heavy atom. The second-order valence-electron chi connectivity index (χ2n) is 5.51. The lowest BCUT2D eigenvalue weighted by molar-refractivity contribution is -0.142. The summed E-state index contributed by atoms with van der Waals surface area (Å²) in [5, 5.41) is 6.07. The van der Waals surface area contributed by atoms with Crippen molar-refractivity contribution in [3.05, 3.63) is 40.4 Å². The summed E-state index contributed by atoms with van der Waals surface area (Å²) in [6.07, 6.45) is 2.94. The van der Waals surface area contributed by atoms with Crippen LogP contribution >= 0.6 is 11.3 Å². The highest BCUT2D eigenvalue weighted by Gasteiger charge is 2.12. The number of carbonyl (C=O) groups excluding carboxylic acids is 1. The van der Waals surface area contributed by atoms with Gasteiger partial charge in [0, 0.05) is 10.9 Å². The summed E-state index contributed by atoms with van der Waals surface area (Å²) in [6.45, 7) is 4.27. The Bertz CT molecular complexity index is 773. The van der Waals surface area contributed by atoms with Crippen molar-refractivity contribution in [1.82, 2.24) is 4.98 Å². The number of halogens is 2. The highest BCUT2D eigenvalue weighted by Crippen LogP contribution is 2.23. The minimum Gasteiger partial charge on any atom is -0.488 e. The molecule has 0 atom stereocenters. The molecular weight excluding hydrogens is 376 g/mol. The second-order valence-corrected chi connectivity index (χ2v) is 6.37. The summed E-state index contributed by atoms with van der Waals surface area (Å²) in [4.78, 5) is 15.6. The van der Waals surface area contributed by atoms with Gasteiger partial charge >= 0.3 is 5.97 Å². The third kappa shape index (κ3) is 6.59. The van der Waals surface area contributed by atoms with Crippen LogP contribution in [0.2, 0.25) is 0 Å².